The number of hydrogen-bond donors (Lipinski definition) is 3. The Morgan fingerprint density at radius 3 is 2.65 bits per heavy atom. The Morgan fingerprint density at radius 1 is 1.30 bits per heavy atom. The second kappa shape index (κ2) is 6.03. The summed E-state index contributed by atoms with van der Waals surface area (Å²) in [5.41, 5.74) is -0.0798. The zero-order chi connectivity index (χ0) is 16.6. The number of carboxylic acid groups (broad SMARTS) is 1. The maximum absolute atomic E-state index is 11.0. The van der Waals surface area contributed by atoms with E-state index >= 15 is 0 Å². The van der Waals surface area contributed by atoms with Crippen molar-refractivity contribution in [1.82, 2.24) is 5.32 Å². The van der Waals surface area contributed by atoms with Gasteiger partial charge < -0.3 is 20.3 Å². The first kappa shape index (κ1) is 16.1. The molecular weight excluding hydrogens is 386 g/mol. The molecule has 3 N–H and O–H groups in total. The van der Waals surface area contributed by atoms with Gasteiger partial charge in [0.25, 0.3) is 0 Å². The Morgan fingerprint density at radius 2 is 2.00 bits per heavy atom. The molecule has 2 aromatic carbocycles. The fourth-order valence-electron chi connectivity index (χ4n) is 2.76. The van der Waals surface area contributed by atoms with Crippen LogP contribution in [0.3, 0.4) is 0 Å². The van der Waals surface area contributed by atoms with Crippen LogP contribution in [0.4, 0.5) is 4.79 Å². The molecule has 2 aromatic rings. The largest absolute Gasteiger partial charge is 0.477 e. The molecule has 0 spiro atoms. The molecule has 2 atom stereocenters. The minimum atomic E-state index is -1.25. The number of ether oxygens (including phenoxy) is 1. The lowest BCUT2D eigenvalue weighted by molar-refractivity contribution is -0.0310. The smallest absolute Gasteiger partial charge is 0.404 e. The first-order valence-corrected chi connectivity index (χ1v) is 8.00. The summed E-state index contributed by atoms with van der Waals surface area (Å²) in [5.74, 6) is 0.463. The topological polar surface area (TPSA) is 78.8 Å². The van der Waals surface area contributed by atoms with Gasteiger partial charge in [-0.1, -0.05) is 41.9 Å². The van der Waals surface area contributed by atoms with E-state index in [1.807, 2.05) is 6.07 Å². The van der Waals surface area contributed by atoms with Crippen LogP contribution >= 0.6 is 27.5 Å². The van der Waals surface area contributed by atoms with E-state index in [1.165, 1.54) is 0 Å². The highest BCUT2D eigenvalue weighted by molar-refractivity contribution is 9.10. The highest BCUT2D eigenvalue weighted by Gasteiger charge is 2.50. The van der Waals surface area contributed by atoms with Crippen molar-refractivity contribution < 1.29 is 19.7 Å². The quantitative estimate of drug-likeness (QED) is 0.737. The highest BCUT2D eigenvalue weighted by atomic mass is 79.9. The first-order valence-electron chi connectivity index (χ1n) is 6.83. The van der Waals surface area contributed by atoms with E-state index in [2.05, 4.69) is 21.2 Å². The third kappa shape index (κ3) is 2.67. The number of nitrogens with one attached hydrogen (secondary N) is 1. The van der Waals surface area contributed by atoms with E-state index in [0.717, 1.165) is 0 Å². The lowest BCUT2D eigenvalue weighted by Gasteiger charge is -2.32. The lowest BCUT2D eigenvalue weighted by Crippen LogP contribution is -2.46. The number of rotatable bonds is 3. The first-order chi connectivity index (χ1) is 11.0. The Balaban J connectivity index is 2.11. The van der Waals surface area contributed by atoms with Crippen molar-refractivity contribution in [3.63, 3.8) is 0 Å². The van der Waals surface area contributed by atoms with Crippen molar-refractivity contribution in [2.45, 2.75) is 11.7 Å². The number of fused-ring (bicyclic) bond motifs is 1. The fourth-order valence-corrected chi connectivity index (χ4v) is 3.47. The van der Waals surface area contributed by atoms with Gasteiger partial charge in [-0.15, -0.1) is 0 Å². The van der Waals surface area contributed by atoms with Crippen LogP contribution in [0.1, 0.15) is 17.2 Å². The summed E-state index contributed by atoms with van der Waals surface area (Å²) in [6, 6.07) is 12.3. The van der Waals surface area contributed by atoms with Crippen LogP contribution in [0.5, 0.6) is 5.75 Å². The van der Waals surface area contributed by atoms with Crippen LogP contribution in [0, 0.1) is 0 Å². The van der Waals surface area contributed by atoms with Gasteiger partial charge in [0.1, 0.15) is 11.9 Å². The molecule has 0 aromatic heterocycles. The third-order valence-electron chi connectivity index (χ3n) is 3.86. The maximum Gasteiger partial charge on any atom is 0.404 e. The number of halogens is 2. The van der Waals surface area contributed by atoms with Gasteiger partial charge in [0.05, 0.1) is 11.6 Å². The normalized spacial score (nSPS) is 22.3. The van der Waals surface area contributed by atoms with Gasteiger partial charge in [0.2, 0.25) is 0 Å². The summed E-state index contributed by atoms with van der Waals surface area (Å²) in [6.07, 6.45) is -2.27. The van der Waals surface area contributed by atoms with E-state index in [-0.39, 0.29) is 6.54 Å². The van der Waals surface area contributed by atoms with E-state index in [1.54, 1.807) is 36.4 Å². The van der Waals surface area contributed by atoms with Crippen molar-refractivity contribution in [2.75, 3.05) is 6.54 Å². The molecule has 1 amide bonds. The Bertz CT molecular complexity index is 755. The molecule has 7 heteroatoms. The standard InChI is InChI=1S/C16H13BrClNO4/c17-13-10(18)6-7-11-12(13)14(20)16(23-11,8-19-15(21)22)9-4-2-1-3-5-9/h1-7,14,19-20H,8H2,(H,21,22)/t14-,16+/m0/s1. The molecule has 120 valence electrons. The van der Waals surface area contributed by atoms with Crippen LogP contribution < -0.4 is 10.1 Å². The summed E-state index contributed by atoms with van der Waals surface area (Å²) in [7, 11) is 0. The number of aliphatic hydroxyl groups excluding tert-OH is 1. The van der Waals surface area contributed by atoms with Gasteiger partial charge >= 0.3 is 6.09 Å². The van der Waals surface area contributed by atoms with Crippen LogP contribution in [0.2, 0.25) is 5.02 Å². The summed E-state index contributed by atoms with van der Waals surface area (Å²) < 4.78 is 6.55. The van der Waals surface area contributed by atoms with Gasteiger partial charge in [-0.25, -0.2) is 4.79 Å². The molecular formula is C16H13BrClNO4. The number of carbonyl (C=O) groups is 1. The molecule has 23 heavy (non-hydrogen) atoms. The molecule has 1 aliphatic rings. The van der Waals surface area contributed by atoms with Gasteiger partial charge in [-0.05, 0) is 28.1 Å². The summed E-state index contributed by atoms with van der Waals surface area (Å²) in [6.45, 7) is -0.105. The molecule has 1 aliphatic heterocycles. The summed E-state index contributed by atoms with van der Waals surface area (Å²) >= 11 is 9.47. The van der Waals surface area contributed by atoms with Crippen LogP contribution in [-0.2, 0) is 5.60 Å². The Kier molecular flexibility index (Phi) is 4.23. The van der Waals surface area contributed by atoms with E-state index in [0.29, 0.717) is 26.4 Å². The molecule has 0 saturated heterocycles. The zero-order valence-corrected chi connectivity index (χ0v) is 14.1. The minimum Gasteiger partial charge on any atom is -0.477 e. The predicted octanol–water partition coefficient (Wildman–Crippen LogP) is 3.69. The molecule has 0 fully saturated rings. The van der Waals surface area contributed by atoms with Crippen molar-refractivity contribution >= 4 is 33.6 Å². The monoisotopic (exact) mass is 397 g/mol. The summed E-state index contributed by atoms with van der Waals surface area (Å²) in [5, 5.41) is 22.6. The molecule has 0 bridgehead atoms. The third-order valence-corrected chi connectivity index (χ3v) is 5.26. The van der Waals surface area contributed by atoms with Crippen LogP contribution in [0.25, 0.3) is 0 Å². The number of amides is 1. The number of benzene rings is 2. The Labute approximate surface area is 146 Å². The second-order valence-electron chi connectivity index (χ2n) is 5.19. The second-order valence-corrected chi connectivity index (χ2v) is 6.39. The zero-order valence-electron chi connectivity index (χ0n) is 11.8. The van der Waals surface area contributed by atoms with Crippen LogP contribution in [0.15, 0.2) is 46.9 Å². The van der Waals surface area contributed by atoms with Gasteiger partial charge in [-0.2, -0.15) is 0 Å². The molecule has 5 nitrogen and oxygen atoms in total. The van der Waals surface area contributed by atoms with Crippen molar-refractivity contribution in [3.05, 3.63) is 63.1 Å². The molecule has 0 radical (unpaired) electrons. The Hall–Kier alpha value is -1.76. The van der Waals surface area contributed by atoms with E-state index < -0.39 is 17.8 Å². The SMILES string of the molecule is O=C(O)NC[C@]1(c2ccccc2)Oc2ccc(Cl)c(Br)c2[C@@H]1O. The highest BCUT2D eigenvalue weighted by Crippen LogP contribution is 2.52. The average molecular weight is 399 g/mol. The van der Waals surface area contributed by atoms with Gasteiger partial charge in [-0.3, -0.25) is 0 Å². The van der Waals surface area contributed by atoms with Gasteiger partial charge in [0, 0.05) is 15.6 Å². The predicted molar refractivity (Wildman–Crippen MR) is 88.9 cm³/mol. The molecule has 3 rings (SSSR count). The van der Waals surface area contributed by atoms with Crippen molar-refractivity contribution in [3.8, 4) is 5.75 Å². The van der Waals surface area contributed by atoms with E-state index in [4.69, 9.17) is 21.4 Å². The van der Waals surface area contributed by atoms with Crippen molar-refractivity contribution in [1.29, 1.82) is 0 Å². The number of hydrogen-bond acceptors (Lipinski definition) is 3. The number of aliphatic hydroxyl groups is 1. The van der Waals surface area contributed by atoms with Crippen molar-refractivity contribution in [2.24, 2.45) is 0 Å². The lowest BCUT2D eigenvalue weighted by atomic mass is 9.86. The van der Waals surface area contributed by atoms with Crippen LogP contribution in [-0.4, -0.2) is 22.9 Å². The molecule has 0 saturated carbocycles. The molecule has 1 heterocycles. The molecule has 0 aliphatic carbocycles. The average Bonchev–Trinajstić information content (AvgIpc) is 2.84. The van der Waals surface area contributed by atoms with Gasteiger partial charge in [0.15, 0.2) is 5.60 Å². The molecule has 0 unspecified atom stereocenters. The summed E-state index contributed by atoms with van der Waals surface area (Å²) in [4.78, 5) is 11.0. The maximum atomic E-state index is 11.0. The van der Waals surface area contributed by atoms with E-state index in [9.17, 15) is 9.90 Å². The fraction of sp³-hybridized carbons (Fsp3) is 0.188. The minimum absolute atomic E-state index is 0.105.